The van der Waals surface area contributed by atoms with E-state index in [-0.39, 0.29) is 11.4 Å². The Hall–Kier alpha value is -2.01. The lowest BCUT2D eigenvalue weighted by molar-refractivity contribution is 0.631. The Morgan fingerprint density at radius 2 is 2.17 bits per heavy atom. The van der Waals surface area contributed by atoms with Crippen LogP contribution >= 0.6 is 11.3 Å². The molecule has 0 unspecified atom stereocenters. The Morgan fingerprint density at radius 1 is 1.33 bits per heavy atom. The average molecular weight is 260 g/mol. The zero-order chi connectivity index (χ0) is 12.7. The van der Waals surface area contributed by atoms with Crippen LogP contribution in [0.1, 0.15) is 5.56 Å². The molecule has 3 aromatic rings. The minimum atomic E-state index is -0.288. The van der Waals surface area contributed by atoms with Gasteiger partial charge in [0.25, 0.3) is 5.56 Å². The molecule has 0 bridgehead atoms. The van der Waals surface area contributed by atoms with Crippen LogP contribution in [0, 0.1) is 12.7 Å². The highest BCUT2D eigenvalue weighted by atomic mass is 32.1. The van der Waals surface area contributed by atoms with Crippen LogP contribution in [0.15, 0.2) is 35.4 Å². The Kier molecular flexibility index (Phi) is 2.48. The van der Waals surface area contributed by atoms with Crippen LogP contribution in [0.5, 0.6) is 0 Å². The standard InChI is InChI=1S/C13H9FN2OS/c1-7-2-3-9(14)8(4-7)11-5-10-12(18-11)13(17)16-6-15-10/h2-6H,1H3,(H,15,16,17). The predicted molar refractivity (Wildman–Crippen MR) is 70.4 cm³/mol. The highest BCUT2D eigenvalue weighted by molar-refractivity contribution is 7.22. The quantitative estimate of drug-likeness (QED) is 0.730. The molecule has 1 aromatic carbocycles. The van der Waals surface area contributed by atoms with E-state index in [1.807, 2.05) is 6.92 Å². The summed E-state index contributed by atoms with van der Waals surface area (Å²) in [5.41, 5.74) is 1.90. The van der Waals surface area contributed by atoms with Crippen molar-refractivity contribution in [3.05, 3.63) is 52.3 Å². The smallest absolute Gasteiger partial charge is 0.268 e. The van der Waals surface area contributed by atoms with E-state index in [0.29, 0.717) is 15.8 Å². The molecule has 90 valence electrons. The van der Waals surface area contributed by atoms with Crippen LogP contribution in [-0.4, -0.2) is 9.97 Å². The lowest BCUT2D eigenvalue weighted by atomic mass is 10.1. The Morgan fingerprint density at radius 3 is 2.94 bits per heavy atom. The number of nitrogens with one attached hydrogen (secondary N) is 1. The fourth-order valence-corrected chi connectivity index (χ4v) is 2.85. The third-order valence-corrected chi connectivity index (χ3v) is 3.86. The van der Waals surface area contributed by atoms with Crippen molar-refractivity contribution in [2.45, 2.75) is 6.92 Å². The highest BCUT2D eigenvalue weighted by Gasteiger charge is 2.11. The normalized spacial score (nSPS) is 11.0. The number of halogens is 1. The molecule has 0 fully saturated rings. The average Bonchev–Trinajstić information content (AvgIpc) is 2.77. The molecule has 3 nitrogen and oxygen atoms in total. The van der Waals surface area contributed by atoms with Crippen molar-refractivity contribution in [1.29, 1.82) is 0 Å². The summed E-state index contributed by atoms with van der Waals surface area (Å²) < 4.78 is 14.3. The van der Waals surface area contributed by atoms with Gasteiger partial charge in [-0.3, -0.25) is 4.79 Å². The maximum absolute atomic E-state index is 13.8. The number of aromatic nitrogens is 2. The Labute approximate surface area is 106 Å². The van der Waals surface area contributed by atoms with Gasteiger partial charge in [-0.05, 0) is 25.1 Å². The minimum Gasteiger partial charge on any atom is -0.312 e. The first kappa shape index (κ1) is 11.1. The van der Waals surface area contributed by atoms with Crippen LogP contribution in [0.4, 0.5) is 4.39 Å². The monoisotopic (exact) mass is 260 g/mol. The summed E-state index contributed by atoms with van der Waals surface area (Å²) in [6, 6.07) is 6.67. The maximum atomic E-state index is 13.8. The third kappa shape index (κ3) is 1.73. The topological polar surface area (TPSA) is 45.8 Å². The van der Waals surface area contributed by atoms with Gasteiger partial charge in [0.2, 0.25) is 0 Å². The number of aryl methyl sites for hydroxylation is 1. The van der Waals surface area contributed by atoms with Gasteiger partial charge in [-0.25, -0.2) is 9.37 Å². The fraction of sp³-hybridized carbons (Fsp3) is 0.0769. The molecule has 0 saturated carbocycles. The second-order valence-electron chi connectivity index (χ2n) is 4.04. The van der Waals surface area contributed by atoms with Crippen LogP contribution < -0.4 is 5.56 Å². The molecule has 0 radical (unpaired) electrons. The van der Waals surface area contributed by atoms with E-state index in [0.717, 1.165) is 10.4 Å². The molecule has 0 saturated heterocycles. The molecule has 2 heterocycles. The summed E-state index contributed by atoms with van der Waals surface area (Å²) in [5, 5.41) is 0. The van der Waals surface area contributed by atoms with Crippen LogP contribution in [0.25, 0.3) is 20.7 Å². The molecule has 0 spiro atoms. The first-order chi connectivity index (χ1) is 8.65. The SMILES string of the molecule is Cc1ccc(F)c(-c2cc3nc[nH]c(=O)c3s2)c1. The second-order valence-corrected chi connectivity index (χ2v) is 5.09. The minimum absolute atomic E-state index is 0.190. The molecular formula is C13H9FN2OS. The number of H-pyrrole nitrogens is 1. The first-order valence-electron chi connectivity index (χ1n) is 5.39. The number of fused-ring (bicyclic) bond motifs is 1. The van der Waals surface area contributed by atoms with Gasteiger partial charge in [0.05, 0.1) is 11.8 Å². The number of aromatic amines is 1. The highest BCUT2D eigenvalue weighted by Crippen LogP contribution is 2.32. The lowest BCUT2D eigenvalue weighted by Gasteiger charge is -2.00. The van der Waals surface area contributed by atoms with Crippen molar-refractivity contribution >= 4 is 21.6 Å². The number of nitrogens with zero attached hydrogens (tertiary/aromatic N) is 1. The van der Waals surface area contributed by atoms with Crippen molar-refractivity contribution in [3.8, 4) is 10.4 Å². The number of benzene rings is 1. The Bertz CT molecular complexity index is 791. The van der Waals surface area contributed by atoms with Crippen molar-refractivity contribution in [1.82, 2.24) is 9.97 Å². The number of rotatable bonds is 1. The van der Waals surface area contributed by atoms with Gasteiger partial charge >= 0.3 is 0 Å². The van der Waals surface area contributed by atoms with Gasteiger partial charge in [-0.2, -0.15) is 0 Å². The summed E-state index contributed by atoms with van der Waals surface area (Å²) in [6.07, 6.45) is 1.35. The van der Waals surface area contributed by atoms with Crippen molar-refractivity contribution in [2.75, 3.05) is 0 Å². The van der Waals surface area contributed by atoms with E-state index >= 15 is 0 Å². The van der Waals surface area contributed by atoms with E-state index in [1.54, 1.807) is 18.2 Å². The first-order valence-corrected chi connectivity index (χ1v) is 6.20. The molecule has 0 aliphatic carbocycles. The van der Waals surface area contributed by atoms with Crippen molar-refractivity contribution < 1.29 is 4.39 Å². The van der Waals surface area contributed by atoms with E-state index < -0.39 is 0 Å². The van der Waals surface area contributed by atoms with Crippen LogP contribution in [0.2, 0.25) is 0 Å². The molecule has 5 heteroatoms. The summed E-state index contributed by atoms with van der Waals surface area (Å²) in [4.78, 5) is 18.9. The Balaban J connectivity index is 2.29. The molecule has 0 aliphatic rings. The number of hydrogen-bond acceptors (Lipinski definition) is 3. The van der Waals surface area contributed by atoms with Gasteiger partial charge in [0, 0.05) is 10.4 Å². The van der Waals surface area contributed by atoms with Gasteiger partial charge in [-0.15, -0.1) is 11.3 Å². The molecule has 0 atom stereocenters. The van der Waals surface area contributed by atoms with Gasteiger partial charge < -0.3 is 4.98 Å². The van der Waals surface area contributed by atoms with E-state index in [1.165, 1.54) is 23.7 Å². The maximum Gasteiger partial charge on any atom is 0.268 e. The van der Waals surface area contributed by atoms with E-state index in [9.17, 15) is 9.18 Å². The second kappa shape index (κ2) is 4.03. The molecule has 18 heavy (non-hydrogen) atoms. The van der Waals surface area contributed by atoms with E-state index in [4.69, 9.17) is 0 Å². The molecule has 0 aliphatic heterocycles. The fourth-order valence-electron chi connectivity index (χ4n) is 1.83. The summed E-state index contributed by atoms with van der Waals surface area (Å²) >= 11 is 1.25. The van der Waals surface area contributed by atoms with Crippen molar-refractivity contribution in [3.63, 3.8) is 0 Å². The number of thiophene rings is 1. The predicted octanol–water partition coefficient (Wildman–Crippen LogP) is 3.10. The summed E-state index contributed by atoms with van der Waals surface area (Å²) in [7, 11) is 0. The summed E-state index contributed by atoms with van der Waals surface area (Å²) in [5.74, 6) is -0.288. The van der Waals surface area contributed by atoms with Crippen LogP contribution in [0.3, 0.4) is 0 Å². The van der Waals surface area contributed by atoms with E-state index in [2.05, 4.69) is 9.97 Å². The molecule has 2 aromatic heterocycles. The molecule has 3 rings (SSSR count). The zero-order valence-electron chi connectivity index (χ0n) is 9.53. The van der Waals surface area contributed by atoms with Crippen molar-refractivity contribution in [2.24, 2.45) is 0 Å². The lowest BCUT2D eigenvalue weighted by Crippen LogP contribution is -2.02. The summed E-state index contributed by atoms with van der Waals surface area (Å²) in [6.45, 7) is 1.90. The molecular weight excluding hydrogens is 251 g/mol. The van der Waals surface area contributed by atoms with Gasteiger partial charge in [0.1, 0.15) is 10.5 Å². The molecule has 0 amide bonds. The zero-order valence-corrected chi connectivity index (χ0v) is 10.3. The largest absolute Gasteiger partial charge is 0.312 e. The van der Waals surface area contributed by atoms with Gasteiger partial charge in [-0.1, -0.05) is 11.6 Å². The third-order valence-electron chi connectivity index (χ3n) is 2.71. The van der Waals surface area contributed by atoms with Gasteiger partial charge in [0.15, 0.2) is 0 Å². The number of hydrogen-bond donors (Lipinski definition) is 1. The molecule has 1 N–H and O–H groups in total. The van der Waals surface area contributed by atoms with Crippen LogP contribution in [-0.2, 0) is 0 Å².